The van der Waals surface area contributed by atoms with Gasteiger partial charge in [0, 0.05) is 18.8 Å². The first-order valence-corrected chi connectivity index (χ1v) is 8.46. The Hall–Kier alpha value is -2.62. The van der Waals surface area contributed by atoms with E-state index in [1.54, 1.807) is 0 Å². The molecular formula is C22H23NO2. The molecule has 0 aliphatic carbocycles. The molecule has 3 rings (SSSR count). The van der Waals surface area contributed by atoms with Crippen molar-refractivity contribution in [2.75, 3.05) is 4.90 Å². The van der Waals surface area contributed by atoms with Crippen LogP contribution in [0.15, 0.2) is 78.9 Å². The van der Waals surface area contributed by atoms with E-state index in [0.29, 0.717) is 0 Å². The molecule has 25 heavy (non-hydrogen) atoms. The molecule has 0 spiro atoms. The highest BCUT2D eigenvalue weighted by atomic mass is 16.3. The Kier molecular flexibility index (Phi) is 5.83. The van der Waals surface area contributed by atoms with Gasteiger partial charge in [-0.1, -0.05) is 66.7 Å². The highest BCUT2D eigenvalue weighted by Gasteiger charge is 2.09. The molecule has 0 bridgehead atoms. The number of aliphatic hydroxyl groups excluding tert-OH is 2. The van der Waals surface area contributed by atoms with Gasteiger partial charge in [0.1, 0.15) is 0 Å². The molecule has 0 unspecified atom stereocenters. The number of hydrogen-bond acceptors (Lipinski definition) is 3. The van der Waals surface area contributed by atoms with Gasteiger partial charge in [-0.25, -0.2) is 0 Å². The molecule has 0 atom stereocenters. The second-order valence-corrected chi connectivity index (χ2v) is 6.14. The van der Waals surface area contributed by atoms with Crippen LogP contribution in [0.5, 0.6) is 0 Å². The standard InChI is InChI=1S/C22H23NO2/c24-16-20-10-6-18(7-11-20)14-23(22-4-2-1-3-5-22)15-19-8-12-21(17-25)13-9-19/h1-13,24-25H,14-17H2. The summed E-state index contributed by atoms with van der Waals surface area (Å²) in [4.78, 5) is 2.32. The molecule has 0 saturated carbocycles. The highest BCUT2D eigenvalue weighted by Crippen LogP contribution is 2.20. The molecule has 0 fully saturated rings. The van der Waals surface area contributed by atoms with E-state index in [1.165, 1.54) is 16.8 Å². The molecular weight excluding hydrogens is 310 g/mol. The van der Waals surface area contributed by atoms with Crippen molar-refractivity contribution in [3.8, 4) is 0 Å². The Bertz CT molecular complexity index is 718. The lowest BCUT2D eigenvalue weighted by atomic mass is 10.1. The second kappa shape index (κ2) is 8.47. The number of anilines is 1. The molecule has 3 aromatic carbocycles. The zero-order valence-electron chi connectivity index (χ0n) is 14.2. The lowest BCUT2D eigenvalue weighted by Crippen LogP contribution is -2.22. The first kappa shape index (κ1) is 17.2. The molecule has 0 aliphatic rings. The molecule has 2 N–H and O–H groups in total. The van der Waals surface area contributed by atoms with Crippen LogP contribution in [-0.2, 0) is 26.3 Å². The molecule has 128 valence electrons. The monoisotopic (exact) mass is 333 g/mol. The van der Waals surface area contributed by atoms with Gasteiger partial charge in [0.15, 0.2) is 0 Å². The van der Waals surface area contributed by atoms with Gasteiger partial charge in [0.25, 0.3) is 0 Å². The van der Waals surface area contributed by atoms with E-state index in [-0.39, 0.29) is 13.2 Å². The fourth-order valence-corrected chi connectivity index (χ4v) is 2.82. The predicted molar refractivity (Wildman–Crippen MR) is 101 cm³/mol. The molecule has 0 saturated heterocycles. The van der Waals surface area contributed by atoms with E-state index in [2.05, 4.69) is 41.3 Å². The summed E-state index contributed by atoms with van der Waals surface area (Å²) in [6, 6.07) is 26.5. The summed E-state index contributed by atoms with van der Waals surface area (Å²) in [5.41, 5.74) is 5.42. The van der Waals surface area contributed by atoms with Crippen LogP contribution in [-0.4, -0.2) is 10.2 Å². The third kappa shape index (κ3) is 4.69. The summed E-state index contributed by atoms with van der Waals surface area (Å²) in [7, 11) is 0. The zero-order valence-corrected chi connectivity index (χ0v) is 14.2. The third-order valence-corrected chi connectivity index (χ3v) is 4.28. The average molecular weight is 333 g/mol. The molecule has 0 heterocycles. The smallest absolute Gasteiger partial charge is 0.0681 e. The van der Waals surface area contributed by atoms with Gasteiger partial charge in [0.2, 0.25) is 0 Å². The SMILES string of the molecule is OCc1ccc(CN(Cc2ccc(CO)cc2)c2ccccc2)cc1. The maximum atomic E-state index is 9.20. The first-order valence-electron chi connectivity index (χ1n) is 8.46. The van der Waals surface area contributed by atoms with E-state index in [1.807, 2.05) is 42.5 Å². The summed E-state index contributed by atoms with van der Waals surface area (Å²) in [5, 5.41) is 18.4. The Labute approximate surface area is 148 Å². The van der Waals surface area contributed by atoms with Crippen molar-refractivity contribution in [3.63, 3.8) is 0 Å². The topological polar surface area (TPSA) is 43.7 Å². The number of para-hydroxylation sites is 1. The van der Waals surface area contributed by atoms with Crippen molar-refractivity contribution in [2.45, 2.75) is 26.3 Å². The van der Waals surface area contributed by atoms with Gasteiger partial charge in [0.05, 0.1) is 13.2 Å². The number of hydrogen-bond donors (Lipinski definition) is 2. The second-order valence-electron chi connectivity index (χ2n) is 6.14. The minimum atomic E-state index is 0.0693. The Morgan fingerprint density at radius 1 is 0.520 bits per heavy atom. The van der Waals surface area contributed by atoms with Crippen molar-refractivity contribution >= 4 is 5.69 Å². The minimum Gasteiger partial charge on any atom is -0.392 e. The molecule has 0 aromatic heterocycles. The summed E-state index contributed by atoms with van der Waals surface area (Å²) in [6.45, 7) is 1.72. The normalized spacial score (nSPS) is 10.6. The quantitative estimate of drug-likeness (QED) is 0.690. The Balaban J connectivity index is 1.81. The average Bonchev–Trinajstić information content (AvgIpc) is 2.69. The van der Waals surface area contributed by atoms with E-state index in [9.17, 15) is 10.2 Å². The fraction of sp³-hybridized carbons (Fsp3) is 0.182. The van der Waals surface area contributed by atoms with Crippen LogP contribution >= 0.6 is 0 Å². The molecule has 3 heteroatoms. The van der Waals surface area contributed by atoms with Crippen LogP contribution in [0.25, 0.3) is 0 Å². The largest absolute Gasteiger partial charge is 0.392 e. The van der Waals surface area contributed by atoms with Gasteiger partial charge in [-0.05, 0) is 34.4 Å². The summed E-state index contributed by atoms with van der Waals surface area (Å²) >= 11 is 0. The maximum Gasteiger partial charge on any atom is 0.0681 e. The van der Waals surface area contributed by atoms with Gasteiger partial charge >= 0.3 is 0 Å². The van der Waals surface area contributed by atoms with Gasteiger partial charge in [-0.15, -0.1) is 0 Å². The molecule has 3 nitrogen and oxygen atoms in total. The number of aliphatic hydroxyl groups is 2. The van der Waals surface area contributed by atoms with Crippen molar-refractivity contribution in [1.82, 2.24) is 0 Å². The maximum absolute atomic E-state index is 9.20. The van der Waals surface area contributed by atoms with Crippen LogP contribution in [0.1, 0.15) is 22.3 Å². The van der Waals surface area contributed by atoms with Gasteiger partial charge in [-0.2, -0.15) is 0 Å². The summed E-state index contributed by atoms with van der Waals surface area (Å²) in [5.74, 6) is 0. The molecule has 0 radical (unpaired) electrons. The lowest BCUT2D eigenvalue weighted by molar-refractivity contribution is 0.281. The molecule has 0 amide bonds. The first-order chi connectivity index (χ1) is 12.3. The van der Waals surface area contributed by atoms with E-state index >= 15 is 0 Å². The van der Waals surface area contributed by atoms with Crippen LogP contribution in [0.2, 0.25) is 0 Å². The van der Waals surface area contributed by atoms with E-state index < -0.39 is 0 Å². The highest BCUT2D eigenvalue weighted by molar-refractivity contribution is 5.47. The van der Waals surface area contributed by atoms with Crippen LogP contribution in [0.4, 0.5) is 5.69 Å². The van der Waals surface area contributed by atoms with Crippen molar-refractivity contribution < 1.29 is 10.2 Å². The fourth-order valence-electron chi connectivity index (χ4n) is 2.82. The van der Waals surface area contributed by atoms with Crippen LogP contribution in [0, 0.1) is 0 Å². The number of rotatable bonds is 7. The zero-order chi connectivity index (χ0) is 17.5. The Morgan fingerprint density at radius 2 is 0.920 bits per heavy atom. The molecule has 3 aromatic rings. The van der Waals surface area contributed by atoms with Crippen LogP contribution in [0.3, 0.4) is 0 Å². The van der Waals surface area contributed by atoms with Crippen molar-refractivity contribution in [1.29, 1.82) is 0 Å². The van der Waals surface area contributed by atoms with E-state index in [0.717, 1.165) is 24.2 Å². The molecule has 0 aliphatic heterocycles. The van der Waals surface area contributed by atoms with Gasteiger partial charge in [-0.3, -0.25) is 0 Å². The van der Waals surface area contributed by atoms with Crippen molar-refractivity contribution in [2.24, 2.45) is 0 Å². The third-order valence-electron chi connectivity index (χ3n) is 4.28. The van der Waals surface area contributed by atoms with E-state index in [4.69, 9.17) is 0 Å². The van der Waals surface area contributed by atoms with Crippen LogP contribution < -0.4 is 4.90 Å². The predicted octanol–water partition coefficient (Wildman–Crippen LogP) is 3.88. The number of benzene rings is 3. The number of nitrogens with zero attached hydrogens (tertiary/aromatic N) is 1. The van der Waals surface area contributed by atoms with Gasteiger partial charge < -0.3 is 15.1 Å². The van der Waals surface area contributed by atoms with Crippen molar-refractivity contribution in [3.05, 3.63) is 101 Å². The Morgan fingerprint density at radius 3 is 1.32 bits per heavy atom. The summed E-state index contributed by atoms with van der Waals surface area (Å²) in [6.07, 6.45) is 0. The lowest BCUT2D eigenvalue weighted by Gasteiger charge is -2.25. The minimum absolute atomic E-state index is 0.0693. The summed E-state index contributed by atoms with van der Waals surface area (Å²) < 4.78 is 0.